The summed E-state index contributed by atoms with van der Waals surface area (Å²) < 4.78 is 17.6. The Bertz CT molecular complexity index is 624. The maximum absolute atomic E-state index is 12.2. The van der Waals surface area contributed by atoms with Crippen LogP contribution in [-0.2, 0) is 14.0 Å². The fraction of sp³-hybridized carbons (Fsp3) is 0.800. The number of aliphatic imine (C=N–C) groups is 1. The van der Waals surface area contributed by atoms with Crippen molar-refractivity contribution in [1.82, 2.24) is 4.90 Å². The minimum absolute atomic E-state index is 0.135. The number of hydrogen-bond donors (Lipinski definition) is 1. The molecule has 2 heterocycles. The van der Waals surface area contributed by atoms with Crippen molar-refractivity contribution in [1.29, 1.82) is 0 Å². The number of rotatable bonds is 3. The van der Waals surface area contributed by atoms with Gasteiger partial charge in [-0.2, -0.15) is 0 Å². The standard InChI is InChI=1S/C20H36BN3O4/c1-14(22)16(21-27-19(5,6)20(7,8)28-21)13-23-15-9-11-24(12-10-15)17(25)26-18(2,3)4/h13,15H,9-12,22H2,1-8H3/b16-14+,23-13?. The molecule has 0 unspecified atom stereocenters. The van der Waals surface area contributed by atoms with E-state index in [9.17, 15) is 4.79 Å². The van der Waals surface area contributed by atoms with Crippen molar-refractivity contribution in [3.63, 3.8) is 0 Å². The molecule has 0 bridgehead atoms. The zero-order chi connectivity index (χ0) is 21.3. The lowest BCUT2D eigenvalue weighted by atomic mass is 9.77. The van der Waals surface area contributed by atoms with E-state index in [1.54, 1.807) is 11.1 Å². The highest BCUT2D eigenvalue weighted by Gasteiger charge is 2.52. The van der Waals surface area contributed by atoms with Crippen LogP contribution in [0.2, 0.25) is 0 Å². The Morgan fingerprint density at radius 1 is 1.18 bits per heavy atom. The Morgan fingerprint density at radius 2 is 1.68 bits per heavy atom. The first kappa shape index (κ1) is 22.8. The number of carbonyl (C=O) groups is 1. The quantitative estimate of drug-likeness (QED) is 0.587. The summed E-state index contributed by atoms with van der Waals surface area (Å²) in [6, 6.07) is 0.135. The van der Waals surface area contributed by atoms with Gasteiger partial charge in [-0.25, -0.2) is 4.79 Å². The third-order valence-corrected chi connectivity index (χ3v) is 5.50. The van der Waals surface area contributed by atoms with Gasteiger partial charge in [-0.05, 0) is 68.2 Å². The largest absolute Gasteiger partial charge is 0.498 e. The Balaban J connectivity index is 1.96. The van der Waals surface area contributed by atoms with Gasteiger partial charge in [0, 0.05) is 30.5 Å². The number of ether oxygens (including phenoxy) is 1. The van der Waals surface area contributed by atoms with Crippen LogP contribution in [0.3, 0.4) is 0 Å². The van der Waals surface area contributed by atoms with Gasteiger partial charge >= 0.3 is 13.2 Å². The SMILES string of the molecule is C/C(N)=C(/C=NC1CCN(C(=O)OC(C)(C)C)CC1)B1OC(C)(C)C(C)(C)O1. The van der Waals surface area contributed by atoms with Gasteiger partial charge in [-0.3, -0.25) is 4.99 Å². The molecular formula is C20H36BN3O4. The van der Waals surface area contributed by atoms with E-state index in [-0.39, 0.29) is 12.1 Å². The van der Waals surface area contributed by atoms with E-state index in [4.69, 9.17) is 24.8 Å². The number of likely N-dealkylation sites (tertiary alicyclic amines) is 1. The van der Waals surface area contributed by atoms with Crippen LogP contribution in [0.4, 0.5) is 4.79 Å². The predicted molar refractivity (Wildman–Crippen MR) is 112 cm³/mol. The minimum atomic E-state index is -0.527. The zero-order valence-electron chi connectivity index (χ0n) is 18.7. The molecule has 0 atom stereocenters. The number of allylic oxidation sites excluding steroid dienone is 2. The molecule has 0 saturated carbocycles. The lowest BCUT2D eigenvalue weighted by molar-refractivity contribution is 0.00578. The van der Waals surface area contributed by atoms with Crippen LogP contribution in [-0.4, -0.2) is 60.3 Å². The summed E-state index contributed by atoms with van der Waals surface area (Å²) in [7, 11) is -0.527. The maximum atomic E-state index is 12.2. The predicted octanol–water partition coefficient (Wildman–Crippen LogP) is 3.32. The normalized spacial score (nSPS) is 23.9. The number of nitrogens with two attached hydrogens (primary N) is 1. The lowest BCUT2D eigenvalue weighted by Gasteiger charge is -2.32. The smallest absolute Gasteiger partial charge is 0.444 e. The Morgan fingerprint density at radius 3 is 2.11 bits per heavy atom. The van der Waals surface area contributed by atoms with Crippen LogP contribution in [0, 0.1) is 0 Å². The topological polar surface area (TPSA) is 86.4 Å². The molecule has 2 aliphatic heterocycles. The van der Waals surface area contributed by atoms with Crippen LogP contribution in [0.25, 0.3) is 0 Å². The fourth-order valence-corrected chi connectivity index (χ4v) is 3.03. The first-order valence-electron chi connectivity index (χ1n) is 10.0. The highest BCUT2D eigenvalue weighted by molar-refractivity contribution is 6.60. The first-order chi connectivity index (χ1) is 12.7. The van der Waals surface area contributed by atoms with Crippen molar-refractivity contribution in [2.75, 3.05) is 13.1 Å². The molecular weight excluding hydrogens is 357 g/mol. The van der Waals surface area contributed by atoms with Crippen molar-refractivity contribution in [3.8, 4) is 0 Å². The van der Waals surface area contributed by atoms with Crippen molar-refractivity contribution in [2.45, 2.75) is 91.1 Å². The zero-order valence-corrected chi connectivity index (χ0v) is 18.7. The molecule has 2 aliphatic rings. The van der Waals surface area contributed by atoms with E-state index in [0.717, 1.165) is 18.3 Å². The Kier molecular flexibility index (Phi) is 6.56. The van der Waals surface area contributed by atoms with Gasteiger partial charge in [0.15, 0.2) is 0 Å². The van der Waals surface area contributed by atoms with Gasteiger partial charge < -0.3 is 24.7 Å². The molecule has 0 spiro atoms. The minimum Gasteiger partial charge on any atom is -0.444 e. The van der Waals surface area contributed by atoms with E-state index in [1.165, 1.54) is 0 Å². The van der Waals surface area contributed by atoms with E-state index >= 15 is 0 Å². The molecule has 0 aromatic rings. The Labute approximate surface area is 169 Å². The highest BCUT2D eigenvalue weighted by Crippen LogP contribution is 2.38. The molecule has 2 rings (SSSR count). The van der Waals surface area contributed by atoms with E-state index in [2.05, 4.69) is 0 Å². The second-order valence-electron chi connectivity index (χ2n) is 9.70. The maximum Gasteiger partial charge on any atom is 0.498 e. The highest BCUT2D eigenvalue weighted by atomic mass is 16.7. The van der Waals surface area contributed by atoms with Crippen molar-refractivity contribution in [3.05, 3.63) is 11.2 Å². The van der Waals surface area contributed by atoms with Gasteiger partial charge in [-0.1, -0.05) is 0 Å². The molecule has 2 saturated heterocycles. The van der Waals surface area contributed by atoms with Crippen LogP contribution >= 0.6 is 0 Å². The lowest BCUT2D eigenvalue weighted by Crippen LogP contribution is -2.42. The molecule has 2 N–H and O–H groups in total. The van der Waals surface area contributed by atoms with Crippen molar-refractivity contribution >= 4 is 19.4 Å². The summed E-state index contributed by atoms with van der Waals surface area (Å²) in [4.78, 5) is 18.6. The monoisotopic (exact) mass is 393 g/mol. The molecule has 28 heavy (non-hydrogen) atoms. The number of hydrogen-bond acceptors (Lipinski definition) is 6. The molecule has 8 heteroatoms. The molecule has 1 amide bonds. The van der Waals surface area contributed by atoms with E-state index in [0.29, 0.717) is 18.8 Å². The van der Waals surface area contributed by atoms with Crippen molar-refractivity contribution in [2.24, 2.45) is 10.7 Å². The van der Waals surface area contributed by atoms with Crippen molar-refractivity contribution < 1.29 is 18.8 Å². The first-order valence-corrected chi connectivity index (χ1v) is 10.0. The summed E-state index contributed by atoms with van der Waals surface area (Å²) in [5, 5.41) is 0. The fourth-order valence-electron chi connectivity index (χ4n) is 3.03. The second-order valence-corrected chi connectivity index (χ2v) is 9.70. The molecule has 2 fully saturated rings. The molecule has 7 nitrogen and oxygen atoms in total. The van der Waals surface area contributed by atoms with Crippen LogP contribution < -0.4 is 5.73 Å². The van der Waals surface area contributed by atoms with Gasteiger partial charge in [0.1, 0.15) is 5.60 Å². The summed E-state index contributed by atoms with van der Waals surface area (Å²) in [6.07, 6.45) is 3.10. The summed E-state index contributed by atoms with van der Waals surface area (Å²) in [6.45, 7) is 16.8. The third-order valence-electron chi connectivity index (χ3n) is 5.50. The van der Waals surface area contributed by atoms with Gasteiger partial charge in [-0.15, -0.1) is 0 Å². The second kappa shape index (κ2) is 8.07. The number of amides is 1. The number of carbonyl (C=O) groups excluding carboxylic acids is 1. The summed E-state index contributed by atoms with van der Waals surface area (Å²) in [5.74, 6) is 0. The van der Waals surface area contributed by atoms with Crippen LogP contribution in [0.15, 0.2) is 16.2 Å². The third kappa shape index (κ3) is 5.51. The van der Waals surface area contributed by atoms with Crippen LogP contribution in [0.1, 0.15) is 68.2 Å². The molecule has 0 aromatic heterocycles. The van der Waals surface area contributed by atoms with Gasteiger partial charge in [0.25, 0.3) is 0 Å². The van der Waals surface area contributed by atoms with Gasteiger partial charge in [0.2, 0.25) is 0 Å². The Hall–Kier alpha value is -1.54. The molecule has 0 aromatic carbocycles. The van der Waals surface area contributed by atoms with Crippen LogP contribution in [0.5, 0.6) is 0 Å². The van der Waals surface area contributed by atoms with E-state index in [1.807, 2.05) is 55.4 Å². The number of nitrogens with zero attached hydrogens (tertiary/aromatic N) is 2. The number of piperidine rings is 1. The molecule has 0 aliphatic carbocycles. The average molecular weight is 393 g/mol. The average Bonchev–Trinajstić information content (AvgIpc) is 2.73. The van der Waals surface area contributed by atoms with E-state index < -0.39 is 23.9 Å². The summed E-state index contributed by atoms with van der Waals surface area (Å²) in [5.41, 5.74) is 6.15. The molecule has 0 radical (unpaired) electrons. The molecule has 158 valence electrons. The summed E-state index contributed by atoms with van der Waals surface area (Å²) >= 11 is 0. The van der Waals surface area contributed by atoms with Gasteiger partial charge in [0.05, 0.1) is 17.2 Å².